The van der Waals surface area contributed by atoms with E-state index in [2.05, 4.69) is 48.8 Å². The number of pyridine rings is 1. The largest absolute Gasteiger partial charge is 0.356 e. The fraction of sp³-hybridized carbons (Fsp3) is 0.435. The van der Waals surface area contributed by atoms with Gasteiger partial charge in [-0.15, -0.1) is 0 Å². The number of piperazine rings is 1. The Kier molecular flexibility index (Phi) is 8.23. The molecule has 0 bridgehead atoms. The maximum atomic E-state index is 11.8. The zero-order chi connectivity index (χ0) is 22.1. The van der Waals surface area contributed by atoms with E-state index in [0.29, 0.717) is 12.1 Å². The molecule has 0 aliphatic carbocycles. The number of amides is 1. The third kappa shape index (κ3) is 6.68. The monoisotopic (exact) mass is 423 g/mol. The van der Waals surface area contributed by atoms with Crippen molar-refractivity contribution in [3.63, 3.8) is 0 Å². The molecule has 1 aliphatic rings. The summed E-state index contributed by atoms with van der Waals surface area (Å²) < 4.78 is 0. The highest BCUT2D eigenvalue weighted by atomic mass is 16.1. The molecule has 0 unspecified atom stereocenters. The molecule has 166 valence electrons. The Hall–Kier alpha value is -3.13. The summed E-state index contributed by atoms with van der Waals surface area (Å²) in [5.41, 5.74) is 2.96. The number of hydrogen-bond donors (Lipinski definition) is 3. The van der Waals surface area contributed by atoms with Crippen molar-refractivity contribution in [1.82, 2.24) is 25.8 Å². The van der Waals surface area contributed by atoms with Crippen LogP contribution in [-0.4, -0.2) is 75.6 Å². The van der Waals surface area contributed by atoms with Crippen molar-refractivity contribution in [2.75, 3.05) is 58.8 Å². The number of rotatable bonds is 7. The molecule has 3 rings (SSSR count). The molecule has 0 radical (unpaired) electrons. The number of nitrogens with one attached hydrogen (secondary N) is 3. The number of guanidine groups is 1. The van der Waals surface area contributed by atoms with E-state index in [-0.39, 0.29) is 5.91 Å². The minimum atomic E-state index is -0.0689. The summed E-state index contributed by atoms with van der Waals surface area (Å²) in [6.45, 7) is 5.53. The van der Waals surface area contributed by atoms with Crippen LogP contribution in [0.15, 0.2) is 47.6 Å². The van der Waals surface area contributed by atoms with Crippen LogP contribution in [-0.2, 0) is 13.0 Å². The van der Waals surface area contributed by atoms with Crippen LogP contribution in [0.5, 0.6) is 0 Å². The summed E-state index contributed by atoms with van der Waals surface area (Å²) in [6, 6.07) is 11.9. The maximum absolute atomic E-state index is 11.8. The number of aromatic nitrogens is 1. The lowest BCUT2D eigenvalue weighted by Gasteiger charge is -2.33. The van der Waals surface area contributed by atoms with Crippen molar-refractivity contribution in [3.8, 4) is 0 Å². The number of nitrogens with zero attached hydrogens (tertiary/aromatic N) is 4. The number of carbonyl (C=O) groups is 1. The van der Waals surface area contributed by atoms with Crippen LogP contribution in [0.4, 0.5) is 5.82 Å². The molecule has 3 N–H and O–H groups in total. The molecule has 1 aliphatic heterocycles. The normalized spacial score (nSPS) is 14.9. The second kappa shape index (κ2) is 11.3. The fourth-order valence-electron chi connectivity index (χ4n) is 3.52. The van der Waals surface area contributed by atoms with Gasteiger partial charge in [0.25, 0.3) is 5.91 Å². The first-order chi connectivity index (χ1) is 15.1. The minimum absolute atomic E-state index is 0.0689. The third-order valence-electron chi connectivity index (χ3n) is 5.44. The molecule has 31 heavy (non-hydrogen) atoms. The van der Waals surface area contributed by atoms with Gasteiger partial charge in [0.1, 0.15) is 5.82 Å². The highest BCUT2D eigenvalue weighted by molar-refractivity contribution is 5.94. The van der Waals surface area contributed by atoms with E-state index < -0.39 is 0 Å². The highest BCUT2D eigenvalue weighted by Crippen LogP contribution is 2.14. The van der Waals surface area contributed by atoms with Gasteiger partial charge in [0.05, 0.1) is 0 Å². The second-order valence-electron chi connectivity index (χ2n) is 7.69. The first-order valence-corrected chi connectivity index (χ1v) is 10.7. The van der Waals surface area contributed by atoms with Gasteiger partial charge in [-0.3, -0.25) is 9.79 Å². The Morgan fingerprint density at radius 2 is 1.90 bits per heavy atom. The number of benzene rings is 1. The van der Waals surface area contributed by atoms with Crippen molar-refractivity contribution >= 4 is 17.7 Å². The van der Waals surface area contributed by atoms with Crippen LogP contribution >= 0.6 is 0 Å². The van der Waals surface area contributed by atoms with E-state index in [1.165, 1.54) is 5.56 Å². The number of carbonyl (C=O) groups excluding carboxylic acids is 1. The van der Waals surface area contributed by atoms with Crippen LogP contribution in [0.2, 0.25) is 0 Å². The van der Waals surface area contributed by atoms with Crippen LogP contribution in [0.25, 0.3) is 0 Å². The molecule has 0 saturated carbocycles. The lowest BCUT2D eigenvalue weighted by Crippen LogP contribution is -2.44. The van der Waals surface area contributed by atoms with Crippen molar-refractivity contribution in [1.29, 1.82) is 0 Å². The van der Waals surface area contributed by atoms with Crippen LogP contribution in [0, 0.1) is 0 Å². The van der Waals surface area contributed by atoms with E-state index in [9.17, 15) is 4.79 Å². The summed E-state index contributed by atoms with van der Waals surface area (Å²) in [4.78, 5) is 25.3. The summed E-state index contributed by atoms with van der Waals surface area (Å²) in [5.74, 6) is 1.72. The maximum Gasteiger partial charge on any atom is 0.251 e. The first-order valence-electron chi connectivity index (χ1n) is 10.7. The van der Waals surface area contributed by atoms with Crippen molar-refractivity contribution < 1.29 is 4.79 Å². The molecular formula is C23H33N7O. The summed E-state index contributed by atoms with van der Waals surface area (Å²) >= 11 is 0. The summed E-state index contributed by atoms with van der Waals surface area (Å²) in [5, 5.41) is 9.37. The van der Waals surface area contributed by atoms with Crippen LogP contribution < -0.4 is 20.9 Å². The Morgan fingerprint density at radius 1 is 1.10 bits per heavy atom. The molecule has 1 aromatic heterocycles. The zero-order valence-electron chi connectivity index (χ0n) is 18.7. The van der Waals surface area contributed by atoms with E-state index >= 15 is 0 Å². The molecule has 1 amide bonds. The van der Waals surface area contributed by atoms with E-state index in [1.807, 2.05) is 36.5 Å². The van der Waals surface area contributed by atoms with Gasteiger partial charge in [-0.25, -0.2) is 4.98 Å². The SMILES string of the molecule is CN=C(NCCc1cccc(C(=O)NC)c1)NCc1ccnc(N2CCN(C)CC2)c1. The smallest absolute Gasteiger partial charge is 0.251 e. The summed E-state index contributed by atoms with van der Waals surface area (Å²) in [6.07, 6.45) is 2.68. The second-order valence-corrected chi connectivity index (χ2v) is 7.69. The lowest BCUT2D eigenvalue weighted by atomic mass is 10.1. The molecule has 8 nitrogen and oxygen atoms in total. The number of hydrogen-bond acceptors (Lipinski definition) is 5. The van der Waals surface area contributed by atoms with E-state index in [0.717, 1.165) is 56.5 Å². The highest BCUT2D eigenvalue weighted by Gasteiger charge is 2.15. The summed E-state index contributed by atoms with van der Waals surface area (Å²) in [7, 11) is 5.56. The topological polar surface area (TPSA) is 84.9 Å². The van der Waals surface area contributed by atoms with Crippen LogP contribution in [0.3, 0.4) is 0 Å². The minimum Gasteiger partial charge on any atom is -0.356 e. The first kappa shape index (κ1) is 22.6. The van der Waals surface area contributed by atoms with E-state index in [4.69, 9.17) is 0 Å². The molecule has 0 atom stereocenters. The van der Waals surface area contributed by atoms with Gasteiger partial charge >= 0.3 is 0 Å². The van der Waals surface area contributed by atoms with Crippen molar-refractivity contribution in [2.24, 2.45) is 4.99 Å². The van der Waals surface area contributed by atoms with Crippen molar-refractivity contribution in [2.45, 2.75) is 13.0 Å². The fourth-order valence-corrected chi connectivity index (χ4v) is 3.52. The number of likely N-dealkylation sites (N-methyl/N-ethyl adjacent to an activating group) is 1. The van der Waals surface area contributed by atoms with Gasteiger partial charge in [0.2, 0.25) is 0 Å². The lowest BCUT2D eigenvalue weighted by molar-refractivity contribution is 0.0963. The Bertz CT molecular complexity index is 891. The molecular weight excluding hydrogens is 390 g/mol. The predicted octanol–water partition coefficient (Wildman–Crippen LogP) is 1.10. The van der Waals surface area contributed by atoms with Crippen LogP contribution in [0.1, 0.15) is 21.5 Å². The average molecular weight is 424 g/mol. The number of anilines is 1. The van der Waals surface area contributed by atoms with Gasteiger partial charge in [0, 0.05) is 65.1 Å². The quantitative estimate of drug-likeness (QED) is 0.457. The Morgan fingerprint density at radius 3 is 2.65 bits per heavy atom. The molecule has 1 saturated heterocycles. The third-order valence-corrected chi connectivity index (χ3v) is 5.44. The molecule has 8 heteroatoms. The van der Waals surface area contributed by atoms with Gasteiger partial charge in [0.15, 0.2) is 5.96 Å². The zero-order valence-corrected chi connectivity index (χ0v) is 18.7. The molecule has 1 aromatic carbocycles. The van der Waals surface area contributed by atoms with Gasteiger partial charge in [-0.05, 0) is 48.9 Å². The molecule has 2 aromatic rings. The molecule has 0 spiro atoms. The Balaban J connectivity index is 1.48. The van der Waals surface area contributed by atoms with Crippen molar-refractivity contribution in [3.05, 3.63) is 59.3 Å². The van der Waals surface area contributed by atoms with Gasteiger partial charge in [-0.1, -0.05) is 12.1 Å². The van der Waals surface area contributed by atoms with E-state index in [1.54, 1.807) is 14.1 Å². The Labute approximate surface area is 184 Å². The van der Waals surface area contributed by atoms with Gasteiger partial charge < -0.3 is 25.8 Å². The number of aliphatic imine (C=N–C) groups is 1. The molecule has 1 fully saturated rings. The average Bonchev–Trinajstić information content (AvgIpc) is 2.81. The predicted molar refractivity (Wildman–Crippen MR) is 126 cm³/mol. The van der Waals surface area contributed by atoms with Gasteiger partial charge in [-0.2, -0.15) is 0 Å². The molecule has 2 heterocycles. The standard InChI is InChI=1S/C23H33N7O/c1-24-22(31)20-6-4-5-18(15-20)7-10-27-23(25-2)28-17-19-8-9-26-21(16-19)30-13-11-29(3)12-14-30/h4-6,8-9,15-16H,7,10-14,17H2,1-3H3,(H,24,31)(H2,25,27,28).